The Balaban J connectivity index is 2.14. The van der Waals surface area contributed by atoms with Crippen LogP contribution < -0.4 is 0 Å². The predicted molar refractivity (Wildman–Crippen MR) is 85.8 cm³/mol. The number of fused-ring (bicyclic) bond motifs is 1. The van der Waals surface area contributed by atoms with Crippen LogP contribution in [-0.4, -0.2) is 4.98 Å². The number of rotatable bonds is 4. The van der Waals surface area contributed by atoms with E-state index in [-0.39, 0.29) is 0 Å². The molecule has 0 fully saturated rings. The second kappa shape index (κ2) is 5.87. The largest absolute Gasteiger partial charge is 0.252 e. The number of hydrogen-bond acceptors (Lipinski definition) is 1. The first-order valence-corrected chi connectivity index (χ1v) is 7.32. The van der Waals surface area contributed by atoms with Crippen LogP contribution in [-0.2, 0) is 6.42 Å². The maximum absolute atomic E-state index is 4.91. The Hall–Kier alpha value is -2.15. The molecule has 2 aromatic carbocycles. The molecule has 1 heteroatoms. The fraction of sp³-hybridized carbons (Fsp3) is 0.211. The van der Waals surface area contributed by atoms with Crippen LogP contribution in [0.25, 0.3) is 22.0 Å². The topological polar surface area (TPSA) is 12.9 Å². The summed E-state index contributed by atoms with van der Waals surface area (Å²) in [6, 6.07) is 21.2. The molecule has 0 aliphatic heterocycles. The first-order valence-electron chi connectivity index (χ1n) is 7.32. The van der Waals surface area contributed by atoms with Gasteiger partial charge in [-0.05, 0) is 24.3 Å². The molecule has 1 heterocycles. The van der Waals surface area contributed by atoms with Crippen molar-refractivity contribution in [2.24, 2.45) is 0 Å². The lowest BCUT2D eigenvalue weighted by molar-refractivity contribution is 0.783. The second-order valence-electron chi connectivity index (χ2n) is 5.14. The molecule has 0 N–H and O–H groups in total. The molecule has 0 amide bonds. The van der Waals surface area contributed by atoms with Gasteiger partial charge in [0.1, 0.15) is 0 Å². The molecular formula is C19H19N. The summed E-state index contributed by atoms with van der Waals surface area (Å²) in [5, 5.41) is 2.58. The summed E-state index contributed by atoms with van der Waals surface area (Å²) in [7, 11) is 0. The molecule has 1 nitrogen and oxygen atoms in total. The van der Waals surface area contributed by atoms with Crippen molar-refractivity contribution in [3.8, 4) is 11.3 Å². The van der Waals surface area contributed by atoms with E-state index in [0.29, 0.717) is 0 Å². The highest BCUT2D eigenvalue weighted by Gasteiger charge is 2.07. The van der Waals surface area contributed by atoms with Gasteiger partial charge in [0.2, 0.25) is 0 Å². The van der Waals surface area contributed by atoms with Gasteiger partial charge < -0.3 is 0 Å². The number of hydrogen-bond donors (Lipinski definition) is 0. The van der Waals surface area contributed by atoms with Crippen LogP contribution in [0.3, 0.4) is 0 Å². The maximum Gasteiger partial charge on any atom is 0.0711 e. The van der Waals surface area contributed by atoms with Gasteiger partial charge in [0.15, 0.2) is 0 Å². The number of unbranched alkanes of at least 4 members (excludes halogenated alkanes) is 1. The number of benzene rings is 2. The van der Waals surface area contributed by atoms with E-state index in [9.17, 15) is 0 Å². The molecular weight excluding hydrogens is 242 g/mol. The molecule has 0 radical (unpaired) electrons. The molecule has 0 aliphatic rings. The summed E-state index contributed by atoms with van der Waals surface area (Å²) < 4.78 is 0. The van der Waals surface area contributed by atoms with E-state index >= 15 is 0 Å². The zero-order valence-electron chi connectivity index (χ0n) is 11.8. The highest BCUT2D eigenvalue weighted by atomic mass is 14.7. The van der Waals surface area contributed by atoms with Gasteiger partial charge in [-0.2, -0.15) is 0 Å². The fourth-order valence-electron chi connectivity index (χ4n) is 2.56. The molecule has 3 aromatic rings. The summed E-state index contributed by atoms with van der Waals surface area (Å²) >= 11 is 0. The van der Waals surface area contributed by atoms with Crippen LogP contribution in [0.2, 0.25) is 0 Å². The predicted octanol–water partition coefficient (Wildman–Crippen LogP) is 5.24. The van der Waals surface area contributed by atoms with E-state index < -0.39 is 0 Å². The fourth-order valence-corrected chi connectivity index (χ4v) is 2.56. The highest BCUT2D eigenvalue weighted by Crippen LogP contribution is 2.25. The van der Waals surface area contributed by atoms with Crippen molar-refractivity contribution in [3.05, 3.63) is 66.4 Å². The average Bonchev–Trinajstić information content (AvgIpc) is 2.53. The second-order valence-corrected chi connectivity index (χ2v) is 5.14. The van der Waals surface area contributed by atoms with E-state index in [4.69, 9.17) is 4.98 Å². The Labute approximate surface area is 120 Å². The molecule has 1 aromatic heterocycles. The summed E-state index contributed by atoms with van der Waals surface area (Å²) in [4.78, 5) is 4.91. The number of nitrogens with zero attached hydrogens (tertiary/aromatic N) is 1. The minimum absolute atomic E-state index is 1.05. The van der Waals surface area contributed by atoms with Crippen LogP contribution in [0.1, 0.15) is 25.5 Å². The van der Waals surface area contributed by atoms with Gasteiger partial charge in [0.05, 0.1) is 5.69 Å². The summed E-state index contributed by atoms with van der Waals surface area (Å²) in [6.07, 6.45) is 3.44. The van der Waals surface area contributed by atoms with Crippen molar-refractivity contribution in [1.29, 1.82) is 0 Å². The Morgan fingerprint density at radius 1 is 0.900 bits per heavy atom. The lowest BCUT2D eigenvalue weighted by Crippen LogP contribution is -1.95. The minimum Gasteiger partial charge on any atom is -0.252 e. The van der Waals surface area contributed by atoms with Gasteiger partial charge in [-0.25, -0.2) is 0 Å². The third-order valence-corrected chi connectivity index (χ3v) is 3.66. The first kappa shape index (κ1) is 12.9. The maximum atomic E-state index is 4.91. The standard InChI is InChI=1S/C19H19N/c1-2-3-13-18-17-12-8-7-11-16(17)14-19(20-18)15-9-5-4-6-10-15/h4-12,14H,2-3,13H2,1H3. The minimum atomic E-state index is 1.05. The average molecular weight is 261 g/mol. The van der Waals surface area contributed by atoms with Crippen molar-refractivity contribution in [2.75, 3.05) is 0 Å². The Morgan fingerprint density at radius 2 is 1.65 bits per heavy atom. The van der Waals surface area contributed by atoms with Gasteiger partial charge in [0, 0.05) is 16.6 Å². The molecule has 0 saturated heterocycles. The number of aryl methyl sites for hydroxylation is 1. The van der Waals surface area contributed by atoms with Crippen LogP contribution in [0.5, 0.6) is 0 Å². The molecule has 0 bridgehead atoms. The van der Waals surface area contributed by atoms with Crippen molar-refractivity contribution in [2.45, 2.75) is 26.2 Å². The molecule has 0 atom stereocenters. The molecule has 3 rings (SSSR count). The molecule has 20 heavy (non-hydrogen) atoms. The summed E-state index contributed by atoms with van der Waals surface area (Å²) in [6.45, 7) is 2.23. The third kappa shape index (κ3) is 2.57. The Bertz CT molecular complexity index is 701. The zero-order valence-corrected chi connectivity index (χ0v) is 11.8. The number of aromatic nitrogens is 1. The smallest absolute Gasteiger partial charge is 0.0711 e. The van der Waals surface area contributed by atoms with Crippen molar-refractivity contribution in [3.63, 3.8) is 0 Å². The quantitative estimate of drug-likeness (QED) is 0.625. The molecule has 100 valence electrons. The SMILES string of the molecule is CCCCc1nc(-c2ccccc2)cc2ccccc12. The molecule has 0 spiro atoms. The van der Waals surface area contributed by atoms with Gasteiger partial charge in [-0.1, -0.05) is 67.9 Å². The van der Waals surface area contributed by atoms with Crippen molar-refractivity contribution in [1.82, 2.24) is 4.98 Å². The van der Waals surface area contributed by atoms with E-state index in [0.717, 1.165) is 12.1 Å². The van der Waals surface area contributed by atoms with Crippen LogP contribution in [0.15, 0.2) is 60.7 Å². The highest BCUT2D eigenvalue weighted by molar-refractivity contribution is 5.87. The van der Waals surface area contributed by atoms with E-state index in [1.54, 1.807) is 0 Å². The van der Waals surface area contributed by atoms with Crippen LogP contribution >= 0.6 is 0 Å². The monoisotopic (exact) mass is 261 g/mol. The third-order valence-electron chi connectivity index (χ3n) is 3.66. The lowest BCUT2D eigenvalue weighted by Gasteiger charge is -2.09. The zero-order chi connectivity index (χ0) is 13.8. The van der Waals surface area contributed by atoms with Gasteiger partial charge >= 0.3 is 0 Å². The van der Waals surface area contributed by atoms with E-state index in [2.05, 4.69) is 61.5 Å². The first-order chi connectivity index (χ1) is 9.88. The van der Waals surface area contributed by atoms with Crippen LogP contribution in [0, 0.1) is 0 Å². The Kier molecular flexibility index (Phi) is 3.78. The van der Waals surface area contributed by atoms with E-state index in [1.165, 1.54) is 34.9 Å². The Morgan fingerprint density at radius 3 is 2.45 bits per heavy atom. The lowest BCUT2D eigenvalue weighted by atomic mass is 10.0. The normalized spacial score (nSPS) is 10.8. The van der Waals surface area contributed by atoms with Crippen molar-refractivity contribution < 1.29 is 0 Å². The van der Waals surface area contributed by atoms with Gasteiger partial charge in [-0.15, -0.1) is 0 Å². The summed E-state index contributed by atoms with van der Waals surface area (Å²) in [5.41, 5.74) is 3.50. The van der Waals surface area contributed by atoms with E-state index in [1.807, 2.05) is 6.07 Å². The summed E-state index contributed by atoms with van der Waals surface area (Å²) in [5.74, 6) is 0. The van der Waals surface area contributed by atoms with Gasteiger partial charge in [0.25, 0.3) is 0 Å². The van der Waals surface area contributed by atoms with Crippen LogP contribution in [0.4, 0.5) is 0 Å². The molecule has 0 aliphatic carbocycles. The number of pyridine rings is 1. The molecule has 0 saturated carbocycles. The molecule has 0 unspecified atom stereocenters. The van der Waals surface area contributed by atoms with Crippen molar-refractivity contribution >= 4 is 10.8 Å². The van der Waals surface area contributed by atoms with Gasteiger partial charge in [-0.3, -0.25) is 4.98 Å².